The Bertz CT molecular complexity index is 1730. The second-order valence-electron chi connectivity index (χ2n) is 15.6. The number of unbranched alkanes of at least 4 members (excludes halogenated alkanes) is 18. The van der Waals surface area contributed by atoms with E-state index in [1.54, 1.807) is 0 Å². The Kier molecular flexibility index (Phi) is 18.3. The molecule has 5 aromatic rings. The number of hydrogen-bond donors (Lipinski definition) is 0. The summed E-state index contributed by atoms with van der Waals surface area (Å²) in [6.45, 7) is 4.58. The van der Waals surface area contributed by atoms with Crippen molar-refractivity contribution >= 4 is 21.5 Å². The minimum Gasteiger partial charge on any atom is -0.0654 e. The molecule has 0 unspecified atom stereocenters. The van der Waals surface area contributed by atoms with Crippen LogP contribution in [0.2, 0.25) is 0 Å². The summed E-state index contributed by atoms with van der Waals surface area (Å²) in [6.07, 6.45) is 29.9. The maximum Gasteiger partial charge on any atom is 0.0406 e. The molecule has 0 saturated carbocycles. The van der Waals surface area contributed by atoms with Crippen molar-refractivity contribution in [2.45, 2.75) is 155 Å². The molecule has 0 aliphatic rings. The number of fused-ring (bicyclic) bond motifs is 2. The van der Waals surface area contributed by atoms with Gasteiger partial charge in [-0.25, -0.2) is 0 Å². The van der Waals surface area contributed by atoms with Crippen LogP contribution in [0.1, 0.15) is 176 Å². The van der Waals surface area contributed by atoms with E-state index in [1.807, 2.05) is 0 Å². The second-order valence-corrected chi connectivity index (χ2v) is 15.6. The highest BCUT2D eigenvalue weighted by Crippen LogP contribution is 2.32. The van der Waals surface area contributed by atoms with Crippen molar-refractivity contribution < 1.29 is 0 Å². The molecule has 0 amide bonds. The number of hydrogen-bond acceptors (Lipinski definition) is 0. The maximum atomic E-state index is 3.60. The van der Waals surface area contributed by atoms with E-state index in [1.165, 1.54) is 140 Å². The smallest absolute Gasteiger partial charge is 0.0406 e. The normalized spacial score (nSPS) is 11.0. The van der Waals surface area contributed by atoms with Gasteiger partial charge in [0.05, 0.1) is 0 Å². The molecule has 5 rings (SSSR count). The Balaban J connectivity index is 1.18. The largest absolute Gasteiger partial charge is 0.0654 e. The maximum absolute atomic E-state index is 3.60. The molecule has 0 aromatic heterocycles. The molecular weight excluding hydrogens is 649 g/mol. The van der Waals surface area contributed by atoms with Gasteiger partial charge in [-0.3, -0.25) is 0 Å². The van der Waals surface area contributed by atoms with Crippen molar-refractivity contribution in [3.8, 4) is 23.7 Å². The van der Waals surface area contributed by atoms with E-state index in [2.05, 4.69) is 135 Å². The van der Waals surface area contributed by atoms with Crippen molar-refractivity contribution in [2.24, 2.45) is 0 Å². The lowest BCUT2D eigenvalue weighted by atomic mass is 9.91. The van der Waals surface area contributed by atoms with Crippen molar-refractivity contribution in [1.29, 1.82) is 0 Å². The Morgan fingerprint density at radius 1 is 0.296 bits per heavy atom. The second kappa shape index (κ2) is 24.2. The molecule has 0 fully saturated rings. The Labute approximate surface area is 329 Å². The van der Waals surface area contributed by atoms with E-state index in [0.29, 0.717) is 0 Å². The van der Waals surface area contributed by atoms with Crippen LogP contribution in [0, 0.1) is 23.7 Å². The summed E-state index contributed by atoms with van der Waals surface area (Å²) in [7, 11) is 0. The third-order valence-electron chi connectivity index (χ3n) is 11.1. The highest BCUT2D eigenvalue weighted by atomic mass is 14.1. The summed E-state index contributed by atoms with van der Waals surface area (Å²) in [6, 6.07) is 35.2. The topological polar surface area (TPSA) is 0 Å². The lowest BCUT2D eigenvalue weighted by Gasteiger charge is -2.10. The predicted octanol–water partition coefficient (Wildman–Crippen LogP) is 15.7. The third-order valence-corrected chi connectivity index (χ3v) is 11.1. The average molecular weight is 715 g/mol. The lowest BCUT2D eigenvalue weighted by molar-refractivity contribution is 0.556. The SMILES string of the molecule is CCCCCCCCCCCCc1ccc(C#Cc2c3ccccc3c(C#Cc3ccc(CCCCCCCCCCCC)cc3)c3ccccc23)cc1. The Hall–Kier alpha value is -4.26. The van der Waals surface area contributed by atoms with Gasteiger partial charge in [-0.2, -0.15) is 0 Å². The predicted molar refractivity (Wildman–Crippen MR) is 237 cm³/mol. The Morgan fingerprint density at radius 3 is 0.870 bits per heavy atom. The summed E-state index contributed by atoms with van der Waals surface area (Å²) >= 11 is 0. The first-order valence-electron chi connectivity index (χ1n) is 21.9. The van der Waals surface area contributed by atoms with Gasteiger partial charge in [0.2, 0.25) is 0 Å². The molecule has 0 radical (unpaired) electrons. The molecule has 0 aliphatic heterocycles. The van der Waals surface area contributed by atoms with Crippen molar-refractivity contribution in [2.75, 3.05) is 0 Å². The van der Waals surface area contributed by atoms with Crippen molar-refractivity contribution in [3.63, 3.8) is 0 Å². The fraction of sp³-hybridized carbons (Fsp3) is 0.444. The van der Waals surface area contributed by atoms with E-state index in [0.717, 1.165) is 56.6 Å². The summed E-state index contributed by atoms with van der Waals surface area (Å²) in [4.78, 5) is 0. The first-order valence-corrected chi connectivity index (χ1v) is 21.9. The van der Waals surface area contributed by atoms with Gasteiger partial charge >= 0.3 is 0 Å². The molecule has 0 heterocycles. The van der Waals surface area contributed by atoms with E-state index in [4.69, 9.17) is 0 Å². The van der Waals surface area contributed by atoms with Crippen LogP contribution in [0.3, 0.4) is 0 Å². The van der Waals surface area contributed by atoms with Crippen molar-refractivity contribution in [3.05, 3.63) is 130 Å². The Morgan fingerprint density at radius 2 is 0.574 bits per heavy atom. The zero-order chi connectivity index (χ0) is 37.5. The minimum absolute atomic E-state index is 1.07. The van der Waals surface area contributed by atoms with Gasteiger partial charge in [0, 0.05) is 22.3 Å². The van der Waals surface area contributed by atoms with E-state index < -0.39 is 0 Å². The van der Waals surface area contributed by atoms with Gasteiger partial charge in [0.15, 0.2) is 0 Å². The molecule has 5 aromatic carbocycles. The standard InChI is InChI=1S/C54H66/c1-3-5-7-9-11-13-15-17-19-21-27-45-33-37-47(38-34-45)41-43-53-49-29-23-25-31-51(49)54(52-32-26-24-30-50(52)53)44-42-48-39-35-46(36-40-48)28-22-20-18-16-14-12-10-8-6-4-2/h23-26,29-40H,3-22,27-28H2,1-2H3. The highest BCUT2D eigenvalue weighted by molar-refractivity contribution is 6.09. The number of benzene rings is 5. The third kappa shape index (κ3) is 13.5. The first kappa shape index (κ1) is 40.9. The first-order chi connectivity index (χ1) is 26.8. The van der Waals surface area contributed by atoms with Crippen LogP contribution in [0.25, 0.3) is 21.5 Å². The molecule has 0 heteroatoms. The molecular formula is C54H66. The fourth-order valence-electron chi connectivity index (χ4n) is 7.81. The zero-order valence-corrected chi connectivity index (χ0v) is 33.8. The highest BCUT2D eigenvalue weighted by Gasteiger charge is 2.11. The fourth-order valence-corrected chi connectivity index (χ4v) is 7.81. The van der Waals surface area contributed by atoms with Crippen LogP contribution in [-0.4, -0.2) is 0 Å². The summed E-state index contributed by atoms with van der Waals surface area (Å²) in [5, 5.41) is 4.66. The van der Waals surface area contributed by atoms with Gasteiger partial charge in [0.25, 0.3) is 0 Å². The molecule has 0 bridgehead atoms. The molecule has 0 saturated heterocycles. The van der Waals surface area contributed by atoms with Crippen LogP contribution >= 0.6 is 0 Å². The van der Waals surface area contributed by atoms with Gasteiger partial charge < -0.3 is 0 Å². The van der Waals surface area contributed by atoms with Crippen molar-refractivity contribution in [1.82, 2.24) is 0 Å². The number of aryl methyl sites for hydroxylation is 2. The van der Waals surface area contributed by atoms with Crippen LogP contribution < -0.4 is 0 Å². The van der Waals surface area contributed by atoms with Gasteiger partial charge in [-0.1, -0.05) is 226 Å². The van der Waals surface area contributed by atoms with Crippen LogP contribution in [0.15, 0.2) is 97.1 Å². The average Bonchev–Trinajstić information content (AvgIpc) is 3.21. The van der Waals surface area contributed by atoms with E-state index in [9.17, 15) is 0 Å². The van der Waals surface area contributed by atoms with Gasteiger partial charge in [0.1, 0.15) is 0 Å². The van der Waals surface area contributed by atoms with Gasteiger partial charge in [-0.15, -0.1) is 0 Å². The molecule has 0 nitrogen and oxygen atoms in total. The molecule has 0 spiro atoms. The van der Waals surface area contributed by atoms with E-state index in [-0.39, 0.29) is 0 Å². The monoisotopic (exact) mass is 715 g/mol. The molecule has 0 aliphatic carbocycles. The van der Waals surface area contributed by atoms with Gasteiger partial charge in [-0.05, 0) is 82.6 Å². The van der Waals surface area contributed by atoms with Crippen LogP contribution in [0.4, 0.5) is 0 Å². The molecule has 0 atom stereocenters. The molecule has 0 N–H and O–H groups in total. The van der Waals surface area contributed by atoms with Crippen LogP contribution in [0.5, 0.6) is 0 Å². The lowest BCUT2D eigenvalue weighted by Crippen LogP contribution is -1.91. The van der Waals surface area contributed by atoms with E-state index >= 15 is 0 Å². The number of rotatable bonds is 22. The van der Waals surface area contributed by atoms with Crippen LogP contribution in [-0.2, 0) is 12.8 Å². The zero-order valence-electron chi connectivity index (χ0n) is 33.8. The molecule has 282 valence electrons. The minimum atomic E-state index is 1.07. The summed E-state index contributed by atoms with van der Waals surface area (Å²) < 4.78 is 0. The summed E-state index contributed by atoms with van der Waals surface area (Å²) in [5.41, 5.74) is 7.13. The molecule has 54 heavy (non-hydrogen) atoms. The quantitative estimate of drug-likeness (QED) is 0.0380. The summed E-state index contributed by atoms with van der Waals surface area (Å²) in [5.74, 6) is 14.2.